The van der Waals surface area contributed by atoms with Crippen LogP contribution in [-0.4, -0.2) is 19.5 Å². The molecule has 51 heavy (non-hydrogen) atoms. The lowest BCUT2D eigenvalue weighted by atomic mass is 10.0. The van der Waals surface area contributed by atoms with Crippen LogP contribution in [0, 0.1) is 0 Å². The van der Waals surface area contributed by atoms with Gasteiger partial charge >= 0.3 is 0 Å². The van der Waals surface area contributed by atoms with E-state index in [0.29, 0.717) is 17.6 Å². The summed E-state index contributed by atoms with van der Waals surface area (Å²) in [6.45, 7) is 0. The molecule has 238 valence electrons. The molecule has 0 N–H and O–H groups in total. The highest BCUT2D eigenvalue weighted by atomic mass is 16.3. The summed E-state index contributed by atoms with van der Waals surface area (Å²) in [6, 6.07) is 53.7. The summed E-state index contributed by atoms with van der Waals surface area (Å²) < 4.78 is 15.6. The van der Waals surface area contributed by atoms with Crippen LogP contribution >= 0.6 is 0 Å². The molecule has 4 heterocycles. The average Bonchev–Trinajstić information content (AvgIpc) is 3.88. The van der Waals surface area contributed by atoms with Crippen molar-refractivity contribution >= 4 is 65.7 Å². The molecule has 0 saturated heterocycles. The predicted molar refractivity (Wildman–Crippen MR) is 205 cm³/mol. The van der Waals surface area contributed by atoms with E-state index in [9.17, 15) is 0 Å². The summed E-state index contributed by atoms with van der Waals surface area (Å²) in [7, 11) is 0. The van der Waals surface area contributed by atoms with Crippen LogP contribution in [0.1, 0.15) is 0 Å². The van der Waals surface area contributed by atoms with Gasteiger partial charge in [0.05, 0.1) is 11.1 Å². The van der Waals surface area contributed by atoms with Crippen molar-refractivity contribution in [2.45, 2.75) is 0 Å². The standard InChI is InChI=1S/C45H26N4O2/c1-3-13-27(14-4-1)29-19-11-20-33-34-21-12-22-36(41(34)51-40(29)33)44-46-43(28-15-5-2-6-16-28)47-45(48-44)49-37-23-9-7-17-30(37)32-25-26-35-31-18-8-10-24-38(31)50-42(35)39(32)49/h1-26H. The van der Waals surface area contributed by atoms with E-state index in [0.717, 1.165) is 87.9 Å². The van der Waals surface area contributed by atoms with Crippen molar-refractivity contribution in [3.05, 3.63) is 158 Å². The molecule has 0 atom stereocenters. The second-order valence-corrected chi connectivity index (χ2v) is 12.8. The van der Waals surface area contributed by atoms with E-state index < -0.39 is 0 Å². The van der Waals surface area contributed by atoms with Crippen LogP contribution in [0.5, 0.6) is 0 Å². The van der Waals surface area contributed by atoms with Crippen LogP contribution in [0.25, 0.3) is 106 Å². The van der Waals surface area contributed by atoms with Crippen molar-refractivity contribution < 1.29 is 8.83 Å². The molecule has 6 nitrogen and oxygen atoms in total. The molecular weight excluding hydrogens is 629 g/mol. The first-order valence-electron chi connectivity index (χ1n) is 17.0. The molecule has 4 aromatic heterocycles. The van der Waals surface area contributed by atoms with Gasteiger partial charge in [-0.25, -0.2) is 4.98 Å². The zero-order valence-electron chi connectivity index (χ0n) is 27.1. The van der Waals surface area contributed by atoms with Gasteiger partial charge in [0.2, 0.25) is 5.95 Å². The predicted octanol–water partition coefficient (Wildman–Crippen LogP) is 11.8. The van der Waals surface area contributed by atoms with Crippen LogP contribution in [0.15, 0.2) is 167 Å². The molecular formula is C45H26N4O2. The lowest BCUT2D eigenvalue weighted by Crippen LogP contribution is -2.06. The second kappa shape index (κ2) is 10.7. The molecule has 0 spiro atoms. The third-order valence-electron chi connectivity index (χ3n) is 9.89. The fourth-order valence-corrected chi connectivity index (χ4v) is 7.58. The number of aromatic nitrogens is 4. The lowest BCUT2D eigenvalue weighted by Gasteiger charge is -2.11. The molecule has 0 saturated carbocycles. The zero-order chi connectivity index (χ0) is 33.5. The van der Waals surface area contributed by atoms with E-state index in [2.05, 4.69) is 77.4 Å². The second-order valence-electron chi connectivity index (χ2n) is 12.8. The number of benzene rings is 7. The Bertz CT molecular complexity index is 3140. The average molecular weight is 655 g/mol. The summed E-state index contributed by atoms with van der Waals surface area (Å²) in [5.41, 5.74) is 8.90. The highest BCUT2D eigenvalue weighted by Gasteiger charge is 2.23. The molecule has 0 fully saturated rings. The van der Waals surface area contributed by atoms with Crippen LogP contribution in [0.3, 0.4) is 0 Å². The van der Waals surface area contributed by atoms with Crippen molar-refractivity contribution in [1.29, 1.82) is 0 Å². The Kier molecular flexibility index (Phi) is 5.86. The molecule has 6 heteroatoms. The van der Waals surface area contributed by atoms with Gasteiger partial charge in [0.1, 0.15) is 22.3 Å². The van der Waals surface area contributed by atoms with Crippen molar-refractivity contribution in [2.75, 3.05) is 0 Å². The molecule has 11 rings (SSSR count). The molecule has 0 aliphatic carbocycles. The number of fused-ring (bicyclic) bond motifs is 10. The number of rotatable bonds is 4. The number of hydrogen-bond donors (Lipinski definition) is 0. The minimum Gasteiger partial charge on any atom is -0.455 e. The Morgan fingerprint density at radius 2 is 0.961 bits per heavy atom. The summed E-state index contributed by atoms with van der Waals surface area (Å²) in [5, 5.41) is 6.31. The van der Waals surface area contributed by atoms with Gasteiger partial charge in [0, 0.05) is 43.4 Å². The Hall–Kier alpha value is -7.05. The summed E-state index contributed by atoms with van der Waals surface area (Å²) in [4.78, 5) is 15.6. The van der Waals surface area contributed by atoms with Gasteiger partial charge in [-0.1, -0.05) is 133 Å². The highest BCUT2D eigenvalue weighted by molar-refractivity contribution is 6.21. The number of hydrogen-bond acceptors (Lipinski definition) is 5. The van der Waals surface area contributed by atoms with Gasteiger partial charge in [-0.2, -0.15) is 9.97 Å². The Morgan fingerprint density at radius 3 is 1.76 bits per heavy atom. The number of furan rings is 2. The topological polar surface area (TPSA) is 69.9 Å². The third kappa shape index (κ3) is 4.14. The van der Waals surface area contributed by atoms with Gasteiger partial charge in [-0.3, -0.25) is 4.57 Å². The number of nitrogens with zero attached hydrogens (tertiary/aromatic N) is 4. The molecule has 0 aliphatic heterocycles. The fourth-order valence-electron chi connectivity index (χ4n) is 7.58. The molecule has 11 aromatic rings. The Morgan fingerprint density at radius 1 is 0.373 bits per heavy atom. The first kappa shape index (κ1) is 27.9. The smallest absolute Gasteiger partial charge is 0.238 e. The third-order valence-corrected chi connectivity index (χ3v) is 9.89. The summed E-state index contributed by atoms with van der Waals surface area (Å²) in [6.07, 6.45) is 0. The zero-order valence-corrected chi connectivity index (χ0v) is 27.1. The first-order chi connectivity index (χ1) is 25.3. The number of para-hydroxylation sites is 4. The van der Waals surface area contributed by atoms with Gasteiger partial charge in [-0.15, -0.1) is 0 Å². The van der Waals surface area contributed by atoms with Gasteiger partial charge < -0.3 is 8.83 Å². The van der Waals surface area contributed by atoms with E-state index in [4.69, 9.17) is 23.8 Å². The first-order valence-corrected chi connectivity index (χ1v) is 17.0. The SMILES string of the molecule is c1ccc(-c2nc(-c3cccc4c3oc3c(-c5ccccc5)cccc34)nc(-n3c4ccccc4c4ccc5c6ccccc6oc5c43)n2)cc1. The lowest BCUT2D eigenvalue weighted by molar-refractivity contribution is 0.669. The van der Waals surface area contributed by atoms with Crippen LogP contribution < -0.4 is 0 Å². The van der Waals surface area contributed by atoms with Crippen LogP contribution in [0.4, 0.5) is 0 Å². The van der Waals surface area contributed by atoms with E-state index in [1.807, 2.05) is 84.9 Å². The summed E-state index contributed by atoms with van der Waals surface area (Å²) in [5.74, 6) is 1.58. The molecule has 7 aromatic carbocycles. The monoisotopic (exact) mass is 654 g/mol. The molecule has 0 amide bonds. The molecule has 0 radical (unpaired) electrons. The Labute approximate surface area is 290 Å². The minimum atomic E-state index is 0.496. The van der Waals surface area contributed by atoms with Gasteiger partial charge in [-0.05, 0) is 29.8 Å². The Balaban J connectivity index is 1.23. The van der Waals surface area contributed by atoms with Crippen molar-refractivity contribution in [1.82, 2.24) is 19.5 Å². The van der Waals surface area contributed by atoms with Crippen molar-refractivity contribution in [3.63, 3.8) is 0 Å². The largest absolute Gasteiger partial charge is 0.455 e. The van der Waals surface area contributed by atoms with Crippen LogP contribution in [0.2, 0.25) is 0 Å². The maximum absolute atomic E-state index is 6.81. The molecule has 0 unspecified atom stereocenters. The van der Waals surface area contributed by atoms with E-state index >= 15 is 0 Å². The normalized spacial score (nSPS) is 11.9. The van der Waals surface area contributed by atoms with Gasteiger partial charge in [0.15, 0.2) is 17.2 Å². The minimum absolute atomic E-state index is 0.496. The maximum atomic E-state index is 6.81. The molecule has 0 aliphatic rings. The maximum Gasteiger partial charge on any atom is 0.238 e. The van der Waals surface area contributed by atoms with Crippen molar-refractivity contribution in [3.8, 4) is 39.9 Å². The molecule has 0 bridgehead atoms. The van der Waals surface area contributed by atoms with Crippen molar-refractivity contribution in [2.24, 2.45) is 0 Å². The van der Waals surface area contributed by atoms with E-state index in [1.54, 1.807) is 0 Å². The van der Waals surface area contributed by atoms with E-state index in [1.165, 1.54) is 0 Å². The van der Waals surface area contributed by atoms with E-state index in [-0.39, 0.29) is 0 Å². The highest BCUT2D eigenvalue weighted by Crippen LogP contribution is 2.42. The van der Waals surface area contributed by atoms with Gasteiger partial charge in [0.25, 0.3) is 0 Å². The summed E-state index contributed by atoms with van der Waals surface area (Å²) >= 11 is 0. The quantitative estimate of drug-likeness (QED) is 0.189. The fraction of sp³-hybridized carbons (Fsp3) is 0. The van der Waals surface area contributed by atoms with Crippen LogP contribution in [-0.2, 0) is 0 Å².